The van der Waals surface area contributed by atoms with Gasteiger partial charge in [-0.05, 0) is 43.7 Å². The molecule has 0 bridgehead atoms. The van der Waals surface area contributed by atoms with Crippen LogP contribution in [0.15, 0.2) is 54.6 Å². The number of rotatable bonds is 6. The number of ether oxygens (including phenoxy) is 1. The molecule has 0 aliphatic heterocycles. The summed E-state index contributed by atoms with van der Waals surface area (Å²) < 4.78 is 5.13. The van der Waals surface area contributed by atoms with Gasteiger partial charge < -0.3 is 15.2 Å². The fourth-order valence-corrected chi connectivity index (χ4v) is 2.40. The van der Waals surface area contributed by atoms with Gasteiger partial charge in [0.1, 0.15) is 5.75 Å². The Morgan fingerprint density at radius 2 is 1.62 bits per heavy atom. The molecular formula is C19H21NO4. The standard InChI is InChI=1S/C19H21NO4/c1-19(2,18(22)23)16(13-9-11-15(24-3)12-10-13)20-17(21)14-7-5-4-6-8-14/h4-12,16H,1-3H3,(H,20,21)(H,22,23). The molecule has 0 aromatic heterocycles. The Hall–Kier alpha value is -2.82. The van der Waals surface area contributed by atoms with Gasteiger partial charge in [-0.25, -0.2) is 0 Å². The van der Waals surface area contributed by atoms with Crippen molar-refractivity contribution in [2.75, 3.05) is 7.11 Å². The average Bonchev–Trinajstić information content (AvgIpc) is 2.60. The molecule has 0 aliphatic rings. The van der Waals surface area contributed by atoms with Crippen LogP contribution in [0, 0.1) is 5.41 Å². The minimum atomic E-state index is -1.18. The van der Waals surface area contributed by atoms with Crippen LogP contribution in [0.25, 0.3) is 0 Å². The molecule has 0 saturated heterocycles. The maximum atomic E-state index is 12.5. The predicted octanol–water partition coefficient (Wildman–Crippen LogP) is 3.28. The lowest BCUT2D eigenvalue weighted by molar-refractivity contribution is -0.148. The normalized spacial score (nSPS) is 12.3. The Morgan fingerprint density at radius 3 is 2.12 bits per heavy atom. The zero-order chi connectivity index (χ0) is 17.7. The van der Waals surface area contributed by atoms with E-state index in [1.54, 1.807) is 69.5 Å². The fraction of sp³-hybridized carbons (Fsp3) is 0.263. The Kier molecular flexibility index (Phi) is 5.24. The molecule has 0 aliphatic carbocycles. The SMILES string of the molecule is COc1ccc(C(NC(=O)c2ccccc2)C(C)(C)C(=O)O)cc1. The van der Waals surface area contributed by atoms with Crippen LogP contribution in [0.2, 0.25) is 0 Å². The molecule has 2 N–H and O–H groups in total. The fourth-order valence-electron chi connectivity index (χ4n) is 2.40. The van der Waals surface area contributed by atoms with E-state index in [4.69, 9.17) is 4.74 Å². The van der Waals surface area contributed by atoms with Crippen LogP contribution in [-0.2, 0) is 4.79 Å². The molecule has 0 saturated carbocycles. The Labute approximate surface area is 141 Å². The van der Waals surface area contributed by atoms with E-state index in [1.165, 1.54) is 0 Å². The van der Waals surface area contributed by atoms with Gasteiger partial charge in [-0.3, -0.25) is 9.59 Å². The largest absolute Gasteiger partial charge is 0.497 e. The number of aliphatic carboxylic acids is 1. The van der Waals surface area contributed by atoms with Crippen molar-refractivity contribution >= 4 is 11.9 Å². The van der Waals surface area contributed by atoms with Crippen LogP contribution in [0.1, 0.15) is 35.8 Å². The van der Waals surface area contributed by atoms with Gasteiger partial charge in [-0.2, -0.15) is 0 Å². The second-order valence-electron chi connectivity index (χ2n) is 6.07. The molecule has 1 unspecified atom stereocenters. The first-order chi connectivity index (χ1) is 11.4. The average molecular weight is 327 g/mol. The lowest BCUT2D eigenvalue weighted by atomic mass is 9.80. The van der Waals surface area contributed by atoms with E-state index >= 15 is 0 Å². The highest BCUT2D eigenvalue weighted by Gasteiger charge is 2.39. The maximum Gasteiger partial charge on any atom is 0.311 e. The quantitative estimate of drug-likeness (QED) is 0.854. The Balaban J connectivity index is 2.36. The highest BCUT2D eigenvalue weighted by molar-refractivity contribution is 5.94. The number of hydrogen-bond donors (Lipinski definition) is 2. The molecule has 0 spiro atoms. The topological polar surface area (TPSA) is 75.6 Å². The summed E-state index contributed by atoms with van der Waals surface area (Å²) >= 11 is 0. The number of carbonyl (C=O) groups excluding carboxylic acids is 1. The smallest absolute Gasteiger partial charge is 0.311 e. The van der Waals surface area contributed by atoms with Crippen molar-refractivity contribution in [2.24, 2.45) is 5.41 Å². The number of benzene rings is 2. The van der Waals surface area contributed by atoms with E-state index in [9.17, 15) is 14.7 Å². The summed E-state index contributed by atoms with van der Waals surface area (Å²) in [5.74, 6) is -0.637. The summed E-state index contributed by atoms with van der Waals surface area (Å²) in [6, 6.07) is 15.1. The van der Waals surface area contributed by atoms with Gasteiger partial charge in [0.25, 0.3) is 5.91 Å². The molecule has 0 heterocycles. The summed E-state index contributed by atoms with van der Waals surface area (Å²) in [5.41, 5.74) is 0.00337. The van der Waals surface area contributed by atoms with Gasteiger partial charge in [-0.1, -0.05) is 30.3 Å². The highest BCUT2D eigenvalue weighted by Crippen LogP contribution is 2.34. The number of carbonyl (C=O) groups is 2. The van der Waals surface area contributed by atoms with Crippen LogP contribution in [0.4, 0.5) is 0 Å². The van der Waals surface area contributed by atoms with Gasteiger partial charge in [0.2, 0.25) is 0 Å². The zero-order valence-corrected chi connectivity index (χ0v) is 13.9. The lowest BCUT2D eigenvalue weighted by Crippen LogP contribution is -2.42. The van der Waals surface area contributed by atoms with Crippen molar-refractivity contribution in [1.29, 1.82) is 0 Å². The van der Waals surface area contributed by atoms with Gasteiger partial charge in [0, 0.05) is 5.56 Å². The second kappa shape index (κ2) is 7.17. The van der Waals surface area contributed by atoms with Crippen LogP contribution in [0.3, 0.4) is 0 Å². The monoisotopic (exact) mass is 327 g/mol. The van der Waals surface area contributed by atoms with Crippen LogP contribution >= 0.6 is 0 Å². The van der Waals surface area contributed by atoms with Gasteiger partial charge >= 0.3 is 5.97 Å². The minimum absolute atomic E-state index is 0.314. The summed E-state index contributed by atoms with van der Waals surface area (Å²) in [4.78, 5) is 24.2. The number of carboxylic acids is 1. The van der Waals surface area contributed by atoms with Crippen LogP contribution in [0.5, 0.6) is 5.75 Å². The molecule has 1 amide bonds. The van der Waals surface area contributed by atoms with E-state index in [1.807, 2.05) is 6.07 Å². The number of hydrogen-bond acceptors (Lipinski definition) is 3. The van der Waals surface area contributed by atoms with E-state index in [0.29, 0.717) is 16.9 Å². The first-order valence-corrected chi connectivity index (χ1v) is 7.59. The van der Waals surface area contributed by atoms with Gasteiger partial charge in [-0.15, -0.1) is 0 Å². The highest BCUT2D eigenvalue weighted by atomic mass is 16.5. The Bertz CT molecular complexity index is 708. The predicted molar refractivity (Wildman–Crippen MR) is 91.1 cm³/mol. The molecule has 0 radical (unpaired) electrons. The maximum absolute atomic E-state index is 12.5. The van der Waals surface area contributed by atoms with Crippen LogP contribution < -0.4 is 10.1 Å². The summed E-state index contributed by atoms with van der Waals surface area (Å²) in [6.07, 6.45) is 0. The van der Waals surface area contributed by atoms with Gasteiger partial charge in [0.05, 0.1) is 18.6 Å². The number of nitrogens with one attached hydrogen (secondary N) is 1. The minimum Gasteiger partial charge on any atom is -0.497 e. The van der Waals surface area contributed by atoms with Crippen LogP contribution in [-0.4, -0.2) is 24.1 Å². The van der Waals surface area contributed by atoms with Gasteiger partial charge in [0.15, 0.2) is 0 Å². The molecule has 24 heavy (non-hydrogen) atoms. The number of amides is 1. The van der Waals surface area contributed by atoms with Crippen molar-refractivity contribution in [3.8, 4) is 5.75 Å². The Morgan fingerprint density at radius 1 is 1.04 bits per heavy atom. The first kappa shape index (κ1) is 17.5. The van der Waals surface area contributed by atoms with Crippen molar-refractivity contribution in [3.05, 3.63) is 65.7 Å². The van der Waals surface area contributed by atoms with Crippen molar-refractivity contribution in [3.63, 3.8) is 0 Å². The molecule has 1 atom stereocenters. The van der Waals surface area contributed by atoms with E-state index in [2.05, 4.69) is 5.32 Å². The second-order valence-corrected chi connectivity index (χ2v) is 6.07. The van der Waals surface area contributed by atoms with E-state index < -0.39 is 17.4 Å². The lowest BCUT2D eigenvalue weighted by Gasteiger charge is -2.31. The third-order valence-electron chi connectivity index (χ3n) is 4.03. The molecule has 5 nitrogen and oxygen atoms in total. The van der Waals surface area contributed by atoms with E-state index in [0.717, 1.165) is 0 Å². The summed E-state index contributed by atoms with van der Waals surface area (Å²) in [6.45, 7) is 3.19. The van der Waals surface area contributed by atoms with E-state index in [-0.39, 0.29) is 5.91 Å². The van der Waals surface area contributed by atoms with Crippen molar-refractivity contribution in [1.82, 2.24) is 5.32 Å². The number of carboxylic acid groups (broad SMARTS) is 1. The molecule has 2 aromatic carbocycles. The molecule has 126 valence electrons. The molecular weight excluding hydrogens is 306 g/mol. The summed E-state index contributed by atoms with van der Waals surface area (Å²) in [7, 11) is 1.56. The molecule has 2 rings (SSSR count). The zero-order valence-electron chi connectivity index (χ0n) is 13.9. The van der Waals surface area contributed by atoms with Crippen molar-refractivity contribution < 1.29 is 19.4 Å². The molecule has 5 heteroatoms. The third-order valence-corrected chi connectivity index (χ3v) is 4.03. The molecule has 2 aromatic rings. The number of methoxy groups -OCH3 is 1. The molecule has 0 fully saturated rings. The first-order valence-electron chi connectivity index (χ1n) is 7.59. The third kappa shape index (κ3) is 3.74. The van der Waals surface area contributed by atoms with Crippen molar-refractivity contribution in [2.45, 2.75) is 19.9 Å². The summed E-state index contributed by atoms with van der Waals surface area (Å²) in [5, 5.41) is 12.4.